The third kappa shape index (κ3) is 4.17. The first-order valence-electron chi connectivity index (χ1n) is 12.3. The Morgan fingerprint density at radius 2 is 2.29 bits per heavy atom. The molecule has 1 aromatic heterocycles. The SMILES string of the molecule is CN/C=C(\CN)c1ccc2c(c1)C(CC#N)CN2c1nn(C2CCOC2)c2c1CN(C(C)=O)CC2. The van der Waals surface area contributed by atoms with E-state index in [0.717, 1.165) is 53.2 Å². The number of hydrogen-bond acceptors (Lipinski definition) is 7. The predicted molar refractivity (Wildman–Crippen MR) is 134 cm³/mol. The quantitative estimate of drug-likeness (QED) is 0.660. The second kappa shape index (κ2) is 9.72. The molecule has 4 heterocycles. The van der Waals surface area contributed by atoms with E-state index in [2.05, 4.69) is 39.2 Å². The molecule has 3 N–H and O–H groups in total. The summed E-state index contributed by atoms with van der Waals surface area (Å²) in [6.07, 6.45) is 4.08. The molecule has 9 heteroatoms. The van der Waals surface area contributed by atoms with Crippen LogP contribution in [0.15, 0.2) is 24.4 Å². The summed E-state index contributed by atoms with van der Waals surface area (Å²) in [4.78, 5) is 16.4. The number of nitrogens with one attached hydrogen (secondary N) is 1. The molecule has 3 aliphatic rings. The van der Waals surface area contributed by atoms with Gasteiger partial charge in [0.1, 0.15) is 0 Å². The molecule has 0 radical (unpaired) electrons. The topological polar surface area (TPSA) is 112 Å². The minimum Gasteiger partial charge on any atom is -0.394 e. The maximum absolute atomic E-state index is 12.2. The van der Waals surface area contributed by atoms with Crippen molar-refractivity contribution in [3.8, 4) is 6.07 Å². The lowest BCUT2D eigenvalue weighted by Gasteiger charge is -2.28. The van der Waals surface area contributed by atoms with Crippen LogP contribution in [0.2, 0.25) is 0 Å². The van der Waals surface area contributed by atoms with Gasteiger partial charge in [0.2, 0.25) is 5.91 Å². The fourth-order valence-electron chi connectivity index (χ4n) is 5.59. The monoisotopic (exact) mass is 475 g/mol. The van der Waals surface area contributed by atoms with E-state index >= 15 is 0 Å². The molecule has 1 amide bonds. The lowest BCUT2D eigenvalue weighted by atomic mass is 9.95. The number of aromatic nitrogens is 2. The average Bonchev–Trinajstić information content (AvgIpc) is 3.60. The number of hydrogen-bond donors (Lipinski definition) is 2. The minimum atomic E-state index is 0.0756. The van der Waals surface area contributed by atoms with E-state index in [-0.39, 0.29) is 17.9 Å². The molecule has 1 aromatic carbocycles. The lowest BCUT2D eigenvalue weighted by Crippen LogP contribution is -2.35. The molecule has 0 saturated carbocycles. The van der Waals surface area contributed by atoms with Gasteiger partial charge >= 0.3 is 0 Å². The molecule has 0 bridgehead atoms. The Morgan fingerprint density at radius 1 is 1.43 bits per heavy atom. The van der Waals surface area contributed by atoms with Gasteiger partial charge in [0.25, 0.3) is 0 Å². The predicted octanol–water partition coefficient (Wildman–Crippen LogP) is 2.42. The second-order valence-corrected chi connectivity index (χ2v) is 9.51. The van der Waals surface area contributed by atoms with Crippen molar-refractivity contribution in [3.63, 3.8) is 0 Å². The number of anilines is 2. The van der Waals surface area contributed by atoms with Crippen molar-refractivity contribution in [1.29, 1.82) is 5.26 Å². The van der Waals surface area contributed by atoms with Crippen LogP contribution in [0.25, 0.3) is 5.57 Å². The van der Waals surface area contributed by atoms with Gasteiger partial charge in [-0.25, -0.2) is 0 Å². The molecule has 0 spiro atoms. The zero-order valence-electron chi connectivity index (χ0n) is 20.5. The highest BCUT2D eigenvalue weighted by atomic mass is 16.5. The van der Waals surface area contributed by atoms with Crippen LogP contribution in [0.1, 0.15) is 54.1 Å². The maximum atomic E-state index is 12.2. The number of carbonyl (C=O) groups is 1. The first-order chi connectivity index (χ1) is 17.0. The van der Waals surface area contributed by atoms with Crippen LogP contribution in [-0.2, 0) is 22.5 Å². The Labute approximate surface area is 206 Å². The molecule has 2 aromatic rings. The van der Waals surface area contributed by atoms with Crippen molar-refractivity contribution < 1.29 is 9.53 Å². The second-order valence-electron chi connectivity index (χ2n) is 9.51. The largest absolute Gasteiger partial charge is 0.394 e. The van der Waals surface area contributed by atoms with E-state index in [4.69, 9.17) is 15.6 Å². The smallest absolute Gasteiger partial charge is 0.219 e. The molecule has 9 nitrogen and oxygen atoms in total. The van der Waals surface area contributed by atoms with Gasteiger partial charge in [0.05, 0.1) is 25.3 Å². The molecule has 1 saturated heterocycles. The molecule has 0 aliphatic carbocycles. The maximum Gasteiger partial charge on any atom is 0.219 e. The van der Waals surface area contributed by atoms with Crippen LogP contribution in [0.3, 0.4) is 0 Å². The number of nitriles is 1. The lowest BCUT2D eigenvalue weighted by molar-refractivity contribution is -0.129. The zero-order chi connectivity index (χ0) is 24.5. The number of ether oxygens (including phenoxy) is 1. The summed E-state index contributed by atoms with van der Waals surface area (Å²) >= 11 is 0. The molecular formula is C26H33N7O2. The Morgan fingerprint density at radius 3 is 2.97 bits per heavy atom. The Balaban J connectivity index is 1.59. The Hall–Kier alpha value is -3.35. The molecule has 5 rings (SSSR count). The number of amides is 1. The van der Waals surface area contributed by atoms with E-state index in [1.54, 1.807) is 6.92 Å². The van der Waals surface area contributed by atoms with Crippen LogP contribution in [0, 0.1) is 11.3 Å². The molecule has 2 unspecified atom stereocenters. The van der Waals surface area contributed by atoms with E-state index in [9.17, 15) is 10.1 Å². The van der Waals surface area contributed by atoms with Crippen molar-refractivity contribution in [2.75, 3.05) is 44.8 Å². The summed E-state index contributed by atoms with van der Waals surface area (Å²) in [6.45, 7) is 5.42. The molecule has 2 atom stereocenters. The number of rotatable bonds is 6. The normalized spacial score (nSPS) is 21.6. The van der Waals surface area contributed by atoms with Crippen molar-refractivity contribution >= 4 is 23.0 Å². The van der Waals surface area contributed by atoms with Crippen molar-refractivity contribution in [2.45, 2.75) is 44.7 Å². The van der Waals surface area contributed by atoms with Gasteiger partial charge in [-0.15, -0.1) is 0 Å². The van der Waals surface area contributed by atoms with Gasteiger partial charge in [0, 0.05) is 82.1 Å². The summed E-state index contributed by atoms with van der Waals surface area (Å²) < 4.78 is 7.83. The number of benzene rings is 1. The summed E-state index contributed by atoms with van der Waals surface area (Å²) in [7, 11) is 1.86. The van der Waals surface area contributed by atoms with Gasteiger partial charge in [-0.2, -0.15) is 10.4 Å². The van der Waals surface area contributed by atoms with E-state index < -0.39 is 0 Å². The van der Waals surface area contributed by atoms with Crippen LogP contribution in [0.4, 0.5) is 11.5 Å². The standard InChI is InChI=1S/C26H33N7O2/c1-17(34)31-9-6-25-23(15-31)26(30-33(25)21-7-10-35-16-21)32-14-19(5-8-27)22-11-18(3-4-24(22)32)20(12-28)13-29-2/h3-4,11,13,19,21,29H,5-7,9-10,12,14-16,28H2,1-2H3/b20-13+. The highest BCUT2D eigenvalue weighted by Crippen LogP contribution is 2.45. The third-order valence-corrected chi connectivity index (χ3v) is 7.43. The molecule has 184 valence electrons. The first kappa shape index (κ1) is 23.4. The Bertz CT molecular complexity index is 1190. The average molecular weight is 476 g/mol. The molecule has 3 aliphatic heterocycles. The number of nitrogens with zero attached hydrogens (tertiary/aromatic N) is 5. The van der Waals surface area contributed by atoms with Crippen molar-refractivity contribution in [1.82, 2.24) is 20.0 Å². The van der Waals surface area contributed by atoms with Gasteiger partial charge < -0.3 is 25.6 Å². The fourth-order valence-corrected chi connectivity index (χ4v) is 5.59. The van der Waals surface area contributed by atoms with E-state index in [0.29, 0.717) is 39.2 Å². The van der Waals surface area contributed by atoms with E-state index in [1.165, 1.54) is 5.69 Å². The van der Waals surface area contributed by atoms with E-state index in [1.807, 2.05) is 18.1 Å². The first-order valence-corrected chi connectivity index (χ1v) is 12.3. The molecular weight excluding hydrogens is 442 g/mol. The summed E-state index contributed by atoms with van der Waals surface area (Å²) in [5, 5.41) is 17.8. The summed E-state index contributed by atoms with van der Waals surface area (Å²) in [5.74, 6) is 1.06. The van der Waals surface area contributed by atoms with Crippen LogP contribution in [-0.4, -0.2) is 60.5 Å². The van der Waals surface area contributed by atoms with Gasteiger partial charge in [-0.1, -0.05) is 6.07 Å². The van der Waals surface area contributed by atoms with Gasteiger partial charge in [0.15, 0.2) is 5.82 Å². The highest BCUT2D eigenvalue weighted by molar-refractivity contribution is 5.78. The fraction of sp³-hybridized carbons (Fsp3) is 0.500. The van der Waals surface area contributed by atoms with Crippen LogP contribution in [0.5, 0.6) is 0 Å². The third-order valence-electron chi connectivity index (χ3n) is 7.43. The number of nitrogens with two attached hydrogens (primary N) is 1. The van der Waals surface area contributed by atoms with Crippen LogP contribution >= 0.6 is 0 Å². The van der Waals surface area contributed by atoms with Gasteiger partial charge in [-0.05, 0) is 35.3 Å². The zero-order valence-corrected chi connectivity index (χ0v) is 20.5. The van der Waals surface area contributed by atoms with Gasteiger partial charge in [-0.3, -0.25) is 9.48 Å². The summed E-state index contributed by atoms with van der Waals surface area (Å²) in [6, 6.07) is 8.98. The van der Waals surface area contributed by atoms with Crippen LogP contribution < -0.4 is 16.0 Å². The highest BCUT2D eigenvalue weighted by Gasteiger charge is 2.37. The van der Waals surface area contributed by atoms with Crippen molar-refractivity contribution in [3.05, 3.63) is 46.8 Å². The number of fused-ring (bicyclic) bond motifs is 2. The summed E-state index contributed by atoms with van der Waals surface area (Å²) in [5.41, 5.74) is 12.6. The molecule has 35 heavy (non-hydrogen) atoms. The number of carbonyl (C=O) groups excluding carboxylic acids is 1. The minimum absolute atomic E-state index is 0.0756. The Kier molecular flexibility index (Phi) is 6.50. The van der Waals surface area contributed by atoms with Crippen molar-refractivity contribution in [2.24, 2.45) is 5.73 Å². The molecule has 1 fully saturated rings.